The van der Waals surface area contributed by atoms with Gasteiger partial charge in [0.15, 0.2) is 6.29 Å². The lowest BCUT2D eigenvalue weighted by molar-refractivity contribution is 0.111. The highest BCUT2D eigenvalue weighted by atomic mass is 16.5. The maximum Gasteiger partial charge on any atom is 0.172 e. The van der Waals surface area contributed by atoms with Gasteiger partial charge in [-0.05, 0) is 43.5 Å². The summed E-state index contributed by atoms with van der Waals surface area (Å²) in [6, 6.07) is 7.61. The molecule has 20 heavy (non-hydrogen) atoms. The molecule has 1 heterocycles. The Morgan fingerprint density at radius 2 is 2.00 bits per heavy atom. The molecule has 0 aliphatic heterocycles. The van der Waals surface area contributed by atoms with Crippen LogP contribution in [0.3, 0.4) is 0 Å². The Morgan fingerprint density at radius 3 is 2.55 bits per heavy atom. The summed E-state index contributed by atoms with van der Waals surface area (Å²) in [7, 11) is 0. The normalized spacial score (nSPS) is 10.8. The Kier molecular flexibility index (Phi) is 4.50. The smallest absolute Gasteiger partial charge is 0.172 e. The molecule has 0 saturated heterocycles. The van der Waals surface area contributed by atoms with E-state index in [0.717, 1.165) is 29.8 Å². The Bertz CT molecular complexity index is 573. The van der Waals surface area contributed by atoms with Crippen LogP contribution in [0.1, 0.15) is 37.0 Å². The molecule has 0 atom stereocenters. The van der Waals surface area contributed by atoms with E-state index in [9.17, 15) is 4.79 Å². The highest BCUT2D eigenvalue weighted by Crippen LogP contribution is 2.19. The zero-order chi connectivity index (χ0) is 14.5. The molecule has 1 aromatic carbocycles. The topological polar surface area (TPSA) is 57.0 Å². The molecule has 5 nitrogen and oxygen atoms in total. The number of carbonyl (C=O) groups excluding carboxylic acids is 1. The number of nitrogens with zero attached hydrogens (tertiary/aromatic N) is 3. The molecule has 0 fully saturated rings. The molecule has 0 unspecified atom stereocenters. The van der Waals surface area contributed by atoms with Crippen LogP contribution < -0.4 is 4.74 Å². The van der Waals surface area contributed by atoms with Crippen LogP contribution in [0.4, 0.5) is 0 Å². The summed E-state index contributed by atoms with van der Waals surface area (Å²) in [5.41, 5.74) is 2.14. The fraction of sp³-hybridized carbons (Fsp3) is 0.400. The van der Waals surface area contributed by atoms with Gasteiger partial charge in [0.1, 0.15) is 11.4 Å². The van der Waals surface area contributed by atoms with Crippen molar-refractivity contribution < 1.29 is 9.53 Å². The number of ether oxygens (including phenoxy) is 1. The standard InChI is InChI=1S/C15H19N3O2/c1-4-20-13-7-5-12(6-8-13)18-15(9-11(2)3)14(10-19)16-17-18/h5-8,10-11H,4,9H2,1-3H3. The second kappa shape index (κ2) is 6.32. The first-order valence-electron chi connectivity index (χ1n) is 6.78. The van der Waals surface area contributed by atoms with Crippen LogP contribution in [0.15, 0.2) is 24.3 Å². The lowest BCUT2D eigenvalue weighted by Gasteiger charge is -2.09. The first kappa shape index (κ1) is 14.2. The zero-order valence-electron chi connectivity index (χ0n) is 12.0. The van der Waals surface area contributed by atoms with Crippen LogP contribution in [0, 0.1) is 5.92 Å². The van der Waals surface area contributed by atoms with Crippen molar-refractivity contribution in [3.8, 4) is 11.4 Å². The second-order valence-electron chi connectivity index (χ2n) is 4.98. The summed E-state index contributed by atoms with van der Waals surface area (Å²) < 4.78 is 7.14. The van der Waals surface area contributed by atoms with E-state index in [0.29, 0.717) is 18.2 Å². The Morgan fingerprint density at radius 1 is 1.30 bits per heavy atom. The molecule has 0 radical (unpaired) electrons. The number of hydrogen-bond donors (Lipinski definition) is 0. The average molecular weight is 273 g/mol. The van der Waals surface area contributed by atoms with Gasteiger partial charge in [-0.15, -0.1) is 5.10 Å². The van der Waals surface area contributed by atoms with Crippen molar-refractivity contribution in [1.82, 2.24) is 15.0 Å². The number of carbonyl (C=O) groups is 1. The van der Waals surface area contributed by atoms with Crippen molar-refractivity contribution in [2.45, 2.75) is 27.2 Å². The maximum atomic E-state index is 11.1. The highest BCUT2D eigenvalue weighted by Gasteiger charge is 2.15. The Labute approximate surface area is 118 Å². The molecule has 106 valence electrons. The van der Waals surface area contributed by atoms with Gasteiger partial charge in [-0.1, -0.05) is 19.1 Å². The van der Waals surface area contributed by atoms with E-state index in [2.05, 4.69) is 24.2 Å². The Balaban J connectivity index is 2.36. The number of rotatable bonds is 6. The summed E-state index contributed by atoms with van der Waals surface area (Å²) in [6.07, 6.45) is 1.52. The van der Waals surface area contributed by atoms with Crippen molar-refractivity contribution in [3.63, 3.8) is 0 Å². The van der Waals surface area contributed by atoms with Gasteiger partial charge in [-0.2, -0.15) is 0 Å². The SMILES string of the molecule is CCOc1ccc(-n2nnc(C=O)c2CC(C)C)cc1. The minimum absolute atomic E-state index is 0.410. The van der Waals surface area contributed by atoms with Crippen LogP contribution >= 0.6 is 0 Å². The Hall–Kier alpha value is -2.17. The fourth-order valence-electron chi connectivity index (χ4n) is 2.04. The second-order valence-corrected chi connectivity index (χ2v) is 4.98. The third-order valence-electron chi connectivity index (χ3n) is 2.90. The first-order valence-corrected chi connectivity index (χ1v) is 6.78. The number of hydrogen-bond acceptors (Lipinski definition) is 4. The van der Waals surface area contributed by atoms with Crippen LogP contribution in [0.5, 0.6) is 5.75 Å². The lowest BCUT2D eigenvalue weighted by atomic mass is 10.1. The largest absolute Gasteiger partial charge is 0.494 e. The molecule has 0 spiro atoms. The van der Waals surface area contributed by atoms with E-state index in [1.54, 1.807) is 4.68 Å². The third kappa shape index (κ3) is 3.04. The molecule has 5 heteroatoms. The molecule has 0 amide bonds. The minimum Gasteiger partial charge on any atom is -0.494 e. The molecular weight excluding hydrogens is 254 g/mol. The maximum absolute atomic E-state index is 11.1. The monoisotopic (exact) mass is 273 g/mol. The van der Waals surface area contributed by atoms with Crippen molar-refractivity contribution in [2.75, 3.05) is 6.61 Å². The zero-order valence-corrected chi connectivity index (χ0v) is 12.0. The molecule has 0 saturated carbocycles. The quantitative estimate of drug-likeness (QED) is 0.759. The fourth-order valence-corrected chi connectivity index (χ4v) is 2.04. The van der Waals surface area contributed by atoms with E-state index < -0.39 is 0 Å². The highest BCUT2D eigenvalue weighted by molar-refractivity contribution is 5.73. The van der Waals surface area contributed by atoms with Crippen LogP contribution in [0.2, 0.25) is 0 Å². The van der Waals surface area contributed by atoms with E-state index >= 15 is 0 Å². The number of aldehydes is 1. The summed E-state index contributed by atoms with van der Waals surface area (Å²) >= 11 is 0. The van der Waals surface area contributed by atoms with Crippen LogP contribution in [-0.4, -0.2) is 27.9 Å². The van der Waals surface area contributed by atoms with E-state index in [1.807, 2.05) is 31.2 Å². The molecular formula is C15H19N3O2. The average Bonchev–Trinajstić information content (AvgIpc) is 2.82. The van der Waals surface area contributed by atoms with Gasteiger partial charge in [0.05, 0.1) is 18.0 Å². The van der Waals surface area contributed by atoms with Crippen molar-refractivity contribution in [1.29, 1.82) is 0 Å². The predicted molar refractivity (Wildman–Crippen MR) is 76.5 cm³/mol. The lowest BCUT2D eigenvalue weighted by Crippen LogP contribution is -2.07. The van der Waals surface area contributed by atoms with Crippen LogP contribution in [0.25, 0.3) is 5.69 Å². The molecule has 0 aliphatic rings. The third-order valence-corrected chi connectivity index (χ3v) is 2.90. The van der Waals surface area contributed by atoms with Gasteiger partial charge in [-0.25, -0.2) is 4.68 Å². The van der Waals surface area contributed by atoms with Crippen molar-refractivity contribution >= 4 is 6.29 Å². The minimum atomic E-state index is 0.410. The van der Waals surface area contributed by atoms with E-state index in [1.165, 1.54) is 0 Å². The van der Waals surface area contributed by atoms with Gasteiger partial charge >= 0.3 is 0 Å². The summed E-state index contributed by atoms with van der Waals surface area (Å²) in [4.78, 5) is 11.1. The predicted octanol–water partition coefficient (Wildman–Crippen LogP) is 2.68. The number of benzene rings is 1. The summed E-state index contributed by atoms with van der Waals surface area (Å²) in [5.74, 6) is 1.24. The van der Waals surface area contributed by atoms with E-state index in [-0.39, 0.29) is 0 Å². The van der Waals surface area contributed by atoms with Gasteiger partial charge in [0.25, 0.3) is 0 Å². The van der Waals surface area contributed by atoms with Gasteiger partial charge in [0, 0.05) is 0 Å². The van der Waals surface area contributed by atoms with Crippen molar-refractivity contribution in [2.24, 2.45) is 5.92 Å². The number of aromatic nitrogens is 3. The van der Waals surface area contributed by atoms with Crippen LogP contribution in [-0.2, 0) is 6.42 Å². The van der Waals surface area contributed by atoms with Gasteiger partial charge < -0.3 is 4.74 Å². The first-order chi connectivity index (χ1) is 9.65. The summed E-state index contributed by atoms with van der Waals surface area (Å²) in [5, 5.41) is 8.02. The molecule has 0 N–H and O–H groups in total. The van der Waals surface area contributed by atoms with Crippen molar-refractivity contribution in [3.05, 3.63) is 35.7 Å². The van der Waals surface area contributed by atoms with Gasteiger partial charge in [-0.3, -0.25) is 4.79 Å². The van der Waals surface area contributed by atoms with Gasteiger partial charge in [0.2, 0.25) is 0 Å². The summed E-state index contributed by atoms with van der Waals surface area (Å²) in [6.45, 7) is 6.78. The molecule has 1 aromatic heterocycles. The molecule has 2 aromatic rings. The molecule has 0 bridgehead atoms. The molecule has 2 rings (SSSR count). The molecule has 0 aliphatic carbocycles. The van der Waals surface area contributed by atoms with E-state index in [4.69, 9.17) is 4.74 Å².